The van der Waals surface area contributed by atoms with Gasteiger partial charge in [-0.2, -0.15) is 0 Å². The number of carbonyl (C=O) groups excluding carboxylic acids is 1. The maximum absolute atomic E-state index is 12.6. The van der Waals surface area contributed by atoms with Crippen LogP contribution in [0.3, 0.4) is 0 Å². The molecule has 0 spiro atoms. The summed E-state index contributed by atoms with van der Waals surface area (Å²) in [4.78, 5) is 17.0. The highest BCUT2D eigenvalue weighted by molar-refractivity contribution is 5.92. The molecule has 2 heterocycles. The lowest BCUT2D eigenvalue weighted by atomic mass is 10.2. The highest BCUT2D eigenvalue weighted by Crippen LogP contribution is 2.29. The molecule has 0 saturated carbocycles. The molecule has 2 aromatic carbocycles. The first-order valence-electron chi connectivity index (χ1n) is 8.42. The molecule has 5 heteroatoms. The third-order valence-electron chi connectivity index (χ3n) is 4.35. The van der Waals surface area contributed by atoms with E-state index < -0.39 is 0 Å². The molecule has 1 aliphatic heterocycles. The summed E-state index contributed by atoms with van der Waals surface area (Å²) in [7, 11) is 0. The minimum Gasteiger partial charge on any atom is -0.443 e. The van der Waals surface area contributed by atoms with Gasteiger partial charge < -0.3 is 4.74 Å². The molecule has 4 rings (SSSR count). The number of carbonyl (C=O) groups is 1. The van der Waals surface area contributed by atoms with E-state index in [1.54, 1.807) is 11.2 Å². The first kappa shape index (κ1) is 15.4. The molecule has 1 saturated heterocycles. The normalized spacial score (nSPS) is 14.1. The summed E-state index contributed by atoms with van der Waals surface area (Å²) >= 11 is 0. The topological polar surface area (TPSA) is 45.7 Å². The van der Waals surface area contributed by atoms with Gasteiger partial charge in [-0.05, 0) is 36.2 Å². The van der Waals surface area contributed by atoms with Gasteiger partial charge >= 0.3 is 6.09 Å². The zero-order valence-electron chi connectivity index (χ0n) is 13.8. The minimum atomic E-state index is -0.317. The molecule has 0 unspecified atom stereocenters. The second kappa shape index (κ2) is 6.81. The van der Waals surface area contributed by atoms with E-state index in [1.165, 1.54) is 0 Å². The summed E-state index contributed by atoms with van der Waals surface area (Å²) in [5, 5.41) is 4.72. The fraction of sp³-hybridized carbons (Fsp3) is 0.200. The largest absolute Gasteiger partial charge is 0.443 e. The molecular weight excluding hydrogens is 314 g/mol. The molecule has 25 heavy (non-hydrogen) atoms. The highest BCUT2D eigenvalue weighted by Gasteiger charge is 2.29. The van der Waals surface area contributed by atoms with Gasteiger partial charge in [0.25, 0.3) is 0 Å². The number of rotatable bonds is 3. The van der Waals surface area contributed by atoms with Crippen LogP contribution in [0.5, 0.6) is 0 Å². The summed E-state index contributed by atoms with van der Waals surface area (Å²) in [5.41, 5.74) is 2.89. The number of nitrogens with zero attached hydrogens (tertiary/aromatic N) is 3. The van der Waals surface area contributed by atoms with Crippen LogP contribution in [-0.4, -0.2) is 29.2 Å². The lowest BCUT2D eigenvalue weighted by Crippen LogP contribution is -2.41. The van der Waals surface area contributed by atoms with Crippen LogP contribution in [-0.2, 0) is 11.3 Å². The fourth-order valence-electron chi connectivity index (χ4n) is 3.16. The Bertz CT molecular complexity index is 877. The zero-order valence-corrected chi connectivity index (χ0v) is 13.8. The molecule has 1 fully saturated rings. The van der Waals surface area contributed by atoms with E-state index in [4.69, 9.17) is 4.74 Å². The first-order chi connectivity index (χ1) is 12.3. The van der Waals surface area contributed by atoms with Crippen molar-refractivity contribution in [2.24, 2.45) is 0 Å². The van der Waals surface area contributed by atoms with E-state index in [0.29, 0.717) is 6.54 Å². The van der Waals surface area contributed by atoms with Crippen molar-refractivity contribution in [1.29, 1.82) is 0 Å². The predicted molar refractivity (Wildman–Crippen MR) is 97.0 cm³/mol. The Balaban J connectivity index is 1.54. The maximum atomic E-state index is 12.6. The van der Waals surface area contributed by atoms with Crippen LogP contribution in [0.2, 0.25) is 0 Å². The number of ether oxygens (including phenoxy) is 1. The molecule has 0 radical (unpaired) electrons. The van der Waals surface area contributed by atoms with Gasteiger partial charge in [-0.3, -0.25) is 9.99 Å². The molecule has 1 aliphatic rings. The standard InChI is InChI=1S/C20H19N3O2/c24-20(25-15-16-7-2-1-3-8-16)23-14-6-13-22(23)19-11-4-10-18-17(19)9-5-12-21-18/h1-5,7-12H,6,13-15H2. The molecule has 0 aliphatic carbocycles. The third kappa shape index (κ3) is 3.13. The number of fused-ring (bicyclic) bond motifs is 1. The van der Waals surface area contributed by atoms with Gasteiger partial charge in [-0.25, -0.2) is 9.80 Å². The Labute approximate surface area is 146 Å². The Hall–Kier alpha value is -3.08. The van der Waals surface area contributed by atoms with Crippen LogP contribution in [0.25, 0.3) is 10.9 Å². The monoisotopic (exact) mass is 333 g/mol. The van der Waals surface area contributed by atoms with Gasteiger partial charge in [0.2, 0.25) is 0 Å². The van der Waals surface area contributed by atoms with Crippen molar-refractivity contribution in [3.63, 3.8) is 0 Å². The van der Waals surface area contributed by atoms with Gasteiger partial charge in [-0.15, -0.1) is 0 Å². The number of hydrogen-bond acceptors (Lipinski definition) is 4. The Morgan fingerprint density at radius 1 is 1.00 bits per heavy atom. The van der Waals surface area contributed by atoms with Crippen LogP contribution in [0.15, 0.2) is 66.9 Å². The Morgan fingerprint density at radius 3 is 2.76 bits per heavy atom. The third-order valence-corrected chi connectivity index (χ3v) is 4.35. The molecule has 0 bridgehead atoms. The lowest BCUT2D eigenvalue weighted by Gasteiger charge is -2.29. The van der Waals surface area contributed by atoms with Gasteiger partial charge in [0.15, 0.2) is 0 Å². The van der Waals surface area contributed by atoms with Crippen molar-refractivity contribution in [2.75, 3.05) is 18.1 Å². The van der Waals surface area contributed by atoms with Crippen LogP contribution >= 0.6 is 0 Å². The van der Waals surface area contributed by atoms with Crippen LogP contribution < -0.4 is 5.01 Å². The molecule has 126 valence electrons. The Kier molecular flexibility index (Phi) is 4.21. The number of anilines is 1. The summed E-state index contributed by atoms with van der Waals surface area (Å²) < 4.78 is 5.51. The van der Waals surface area contributed by atoms with Crippen LogP contribution in [0.1, 0.15) is 12.0 Å². The average molecular weight is 333 g/mol. The quantitative estimate of drug-likeness (QED) is 0.727. The maximum Gasteiger partial charge on any atom is 0.429 e. The number of pyridine rings is 1. The second-order valence-electron chi connectivity index (χ2n) is 5.99. The molecule has 3 aromatic rings. The van der Waals surface area contributed by atoms with Gasteiger partial charge in [-0.1, -0.05) is 36.4 Å². The Morgan fingerprint density at radius 2 is 1.88 bits per heavy atom. The van der Waals surface area contributed by atoms with E-state index in [-0.39, 0.29) is 12.7 Å². The molecule has 0 atom stereocenters. The van der Waals surface area contributed by atoms with Crippen molar-refractivity contribution in [3.05, 3.63) is 72.4 Å². The van der Waals surface area contributed by atoms with Gasteiger partial charge in [0, 0.05) is 24.7 Å². The van der Waals surface area contributed by atoms with E-state index in [2.05, 4.69) is 4.98 Å². The van der Waals surface area contributed by atoms with E-state index in [0.717, 1.165) is 35.1 Å². The smallest absolute Gasteiger partial charge is 0.429 e. The van der Waals surface area contributed by atoms with Gasteiger partial charge in [0.05, 0.1) is 11.2 Å². The van der Waals surface area contributed by atoms with Crippen molar-refractivity contribution < 1.29 is 9.53 Å². The second-order valence-corrected chi connectivity index (χ2v) is 5.99. The number of aromatic nitrogens is 1. The number of amides is 1. The zero-order chi connectivity index (χ0) is 17.1. The summed E-state index contributed by atoms with van der Waals surface area (Å²) in [6, 6.07) is 19.6. The van der Waals surface area contributed by atoms with Crippen molar-refractivity contribution >= 4 is 22.7 Å². The van der Waals surface area contributed by atoms with Crippen molar-refractivity contribution in [1.82, 2.24) is 9.99 Å². The summed E-state index contributed by atoms with van der Waals surface area (Å²) in [6.07, 6.45) is 2.38. The fourth-order valence-corrected chi connectivity index (χ4v) is 3.16. The molecule has 5 nitrogen and oxygen atoms in total. The molecular formula is C20H19N3O2. The summed E-state index contributed by atoms with van der Waals surface area (Å²) in [5.74, 6) is 0. The first-order valence-corrected chi connectivity index (χ1v) is 8.42. The molecule has 1 amide bonds. The molecule has 0 N–H and O–H groups in total. The lowest BCUT2D eigenvalue weighted by molar-refractivity contribution is 0.101. The highest BCUT2D eigenvalue weighted by atomic mass is 16.6. The van der Waals surface area contributed by atoms with Gasteiger partial charge in [0.1, 0.15) is 6.61 Å². The SMILES string of the molecule is O=C(OCc1ccccc1)N1CCCN1c1cccc2ncccc12. The number of hydrogen-bond donors (Lipinski definition) is 0. The average Bonchev–Trinajstić information content (AvgIpc) is 3.16. The van der Waals surface area contributed by atoms with Crippen LogP contribution in [0, 0.1) is 0 Å². The van der Waals surface area contributed by atoms with Crippen molar-refractivity contribution in [2.45, 2.75) is 13.0 Å². The number of hydrazine groups is 1. The van der Waals surface area contributed by atoms with E-state index in [9.17, 15) is 4.79 Å². The number of benzene rings is 2. The van der Waals surface area contributed by atoms with E-state index in [1.807, 2.05) is 65.7 Å². The predicted octanol–water partition coefficient (Wildman–Crippen LogP) is 4.00. The summed E-state index contributed by atoms with van der Waals surface area (Å²) in [6.45, 7) is 1.72. The minimum absolute atomic E-state index is 0.279. The van der Waals surface area contributed by atoms with Crippen LogP contribution in [0.4, 0.5) is 10.5 Å². The van der Waals surface area contributed by atoms with E-state index >= 15 is 0 Å². The molecule has 1 aromatic heterocycles. The van der Waals surface area contributed by atoms with Crippen molar-refractivity contribution in [3.8, 4) is 0 Å².